The van der Waals surface area contributed by atoms with Crippen LogP contribution in [0.25, 0.3) is 29.4 Å². The van der Waals surface area contributed by atoms with E-state index >= 15 is 0 Å². The molecule has 0 N–H and O–H groups in total. The second kappa shape index (κ2) is 8.89. The third-order valence-corrected chi connectivity index (χ3v) is 80.1. The molecule has 7 rings (SSSR count). The van der Waals surface area contributed by atoms with Gasteiger partial charge in [0.05, 0.1) is 0 Å². The van der Waals surface area contributed by atoms with Crippen molar-refractivity contribution in [2.45, 2.75) is 30.9 Å². The van der Waals surface area contributed by atoms with Gasteiger partial charge in [-0.3, -0.25) is 0 Å². The van der Waals surface area contributed by atoms with Crippen molar-refractivity contribution < 1.29 is 14.1 Å². The van der Waals surface area contributed by atoms with Crippen LogP contribution in [0.15, 0.2) is 115 Å². The van der Waals surface area contributed by atoms with Crippen LogP contribution in [0.2, 0.25) is 13.1 Å². The molecule has 0 bridgehead atoms. The number of fused-ring (bicyclic) bond motifs is 3. The van der Waals surface area contributed by atoms with Crippen molar-refractivity contribution in [3.8, 4) is 11.1 Å². The van der Waals surface area contributed by atoms with Gasteiger partial charge in [-0.05, 0) is 0 Å². The fourth-order valence-corrected chi connectivity index (χ4v) is 56.5. The number of allylic oxidation sites excluding steroid dienone is 3. The van der Waals surface area contributed by atoms with Gasteiger partial charge in [-0.25, -0.2) is 0 Å². The second-order valence-electron chi connectivity index (χ2n) is 12.5. The first-order chi connectivity index (χ1) is 19.2. The molecule has 0 aromatic heterocycles. The summed E-state index contributed by atoms with van der Waals surface area (Å²) in [6.45, 7) is 7.20. The average molecular weight is 657 g/mol. The molecule has 4 heteroatoms. The third kappa shape index (κ3) is 3.23. The quantitative estimate of drug-likeness (QED) is 0.188. The molecule has 200 valence electrons. The van der Waals surface area contributed by atoms with E-state index in [9.17, 15) is 0 Å². The Kier molecular flexibility index (Phi) is 5.93. The van der Waals surface area contributed by atoms with Crippen LogP contribution in [0.4, 0.5) is 0 Å². The third-order valence-electron chi connectivity index (χ3n) is 10.7. The van der Waals surface area contributed by atoms with Crippen molar-refractivity contribution in [1.29, 1.82) is 0 Å². The van der Waals surface area contributed by atoms with Gasteiger partial charge < -0.3 is 0 Å². The van der Waals surface area contributed by atoms with Gasteiger partial charge in [-0.2, -0.15) is 0 Å². The van der Waals surface area contributed by atoms with Crippen LogP contribution in [0.1, 0.15) is 51.2 Å². The monoisotopic (exact) mass is 654 g/mol. The predicted octanol–water partition coefficient (Wildman–Crippen LogP) is 10.9. The van der Waals surface area contributed by atoms with Gasteiger partial charge >= 0.3 is 245 Å². The zero-order chi connectivity index (χ0) is 27.8. The van der Waals surface area contributed by atoms with E-state index in [0.29, 0.717) is 0 Å². The molecule has 0 saturated carbocycles. The first kappa shape index (κ1) is 26.7. The number of halogens is 2. The molecule has 3 aliphatic carbocycles. The summed E-state index contributed by atoms with van der Waals surface area (Å²) in [6, 6.07) is 35.1. The van der Waals surface area contributed by atoms with Crippen molar-refractivity contribution in [1.82, 2.24) is 0 Å². The molecule has 0 radical (unpaired) electrons. The molecule has 3 unspecified atom stereocenters. The van der Waals surface area contributed by atoms with E-state index < -0.39 is 20.0 Å². The molecule has 0 spiro atoms. The van der Waals surface area contributed by atoms with Crippen molar-refractivity contribution in [2.24, 2.45) is 0 Å². The fourth-order valence-electron chi connectivity index (χ4n) is 8.73. The summed E-state index contributed by atoms with van der Waals surface area (Å²) in [5.74, 6) is -1.83. The van der Waals surface area contributed by atoms with E-state index in [4.69, 9.17) is 17.0 Å². The summed E-state index contributed by atoms with van der Waals surface area (Å²) in [5, 5.41) is 0. The Hall–Kier alpha value is -2.22. The second-order valence-corrected chi connectivity index (χ2v) is 64.8. The van der Waals surface area contributed by atoms with Crippen LogP contribution in [0.5, 0.6) is 0 Å². The van der Waals surface area contributed by atoms with Gasteiger partial charge in [0, 0.05) is 0 Å². The van der Waals surface area contributed by atoms with E-state index in [1.165, 1.54) is 50.1 Å². The number of benzene rings is 4. The van der Waals surface area contributed by atoms with E-state index in [2.05, 4.69) is 147 Å². The Morgan fingerprint density at radius 2 is 1.15 bits per heavy atom. The van der Waals surface area contributed by atoms with Gasteiger partial charge in [0.25, 0.3) is 0 Å². The van der Waals surface area contributed by atoms with Crippen molar-refractivity contribution in [3.63, 3.8) is 0 Å². The molecule has 0 saturated heterocycles. The SMILES string of the molecule is CC1=Cc2c(-c3ccccc3)cccc2[CH]1[Zr]([Cl])([Cl])([CH]1C=Cc2ccccc21)([CH]1C=Cc2ccccc21)[SiH](C)C. The van der Waals surface area contributed by atoms with Crippen molar-refractivity contribution in [3.05, 3.63) is 148 Å². The van der Waals surface area contributed by atoms with Crippen LogP contribution >= 0.6 is 17.0 Å². The Balaban J connectivity index is 1.60. The summed E-state index contributed by atoms with van der Waals surface area (Å²) in [7, 11) is 18.1. The Morgan fingerprint density at radius 1 is 0.625 bits per heavy atom. The minimum atomic E-state index is -5.70. The molecule has 0 fully saturated rings. The van der Waals surface area contributed by atoms with Crippen molar-refractivity contribution in [2.75, 3.05) is 0 Å². The maximum atomic E-state index is 9.07. The van der Waals surface area contributed by atoms with E-state index in [-0.39, 0.29) is 10.9 Å². The summed E-state index contributed by atoms with van der Waals surface area (Å²) in [5.41, 5.74) is 11.5. The van der Waals surface area contributed by atoms with Gasteiger partial charge in [0.1, 0.15) is 0 Å². The predicted molar refractivity (Wildman–Crippen MR) is 175 cm³/mol. The number of hydrogen-bond acceptors (Lipinski definition) is 0. The molecule has 3 aliphatic rings. The fraction of sp³-hybridized carbons (Fsp3) is 0.167. The van der Waals surface area contributed by atoms with Gasteiger partial charge in [0.15, 0.2) is 0 Å². The van der Waals surface area contributed by atoms with Crippen LogP contribution in [0, 0.1) is 0 Å². The molecular weight excluding hydrogens is 623 g/mol. The molecule has 0 aliphatic heterocycles. The summed E-state index contributed by atoms with van der Waals surface area (Å²) < 4.78 is 0.0113. The molecule has 4 aromatic rings. The normalized spacial score (nSPS) is 22.4. The maximum absolute atomic E-state index is 9.07. The van der Waals surface area contributed by atoms with Gasteiger partial charge in [0.2, 0.25) is 0 Å². The topological polar surface area (TPSA) is 0 Å². The van der Waals surface area contributed by atoms with E-state index in [1.807, 2.05) is 0 Å². The Morgan fingerprint density at radius 3 is 1.73 bits per heavy atom. The molecule has 40 heavy (non-hydrogen) atoms. The van der Waals surface area contributed by atoms with Crippen LogP contribution in [-0.4, -0.2) is 5.92 Å². The average Bonchev–Trinajstić information content (AvgIpc) is 3.69. The summed E-state index contributed by atoms with van der Waals surface area (Å²) in [6.07, 6.45) is 11.8. The van der Waals surface area contributed by atoms with E-state index in [0.717, 1.165) is 0 Å². The first-order valence-corrected chi connectivity index (χ1v) is 32.1. The molecule has 0 nitrogen and oxygen atoms in total. The number of hydrogen-bond donors (Lipinski definition) is 0. The molecule has 4 aromatic carbocycles. The molecule has 0 heterocycles. The molecule has 3 atom stereocenters. The molecular formula is C36H34Cl2SiZr. The van der Waals surface area contributed by atoms with Crippen molar-refractivity contribution >= 4 is 41.2 Å². The first-order valence-electron chi connectivity index (χ1n) is 14.4. The minimum absolute atomic E-state index is 0.00326. The Labute approximate surface area is 243 Å². The Bertz CT molecular complexity index is 1710. The van der Waals surface area contributed by atoms with E-state index in [1.54, 1.807) is 0 Å². The zero-order valence-corrected chi connectivity index (χ0v) is 28.3. The molecule has 0 amide bonds. The summed E-state index contributed by atoms with van der Waals surface area (Å²) in [4.78, 5) is 0. The summed E-state index contributed by atoms with van der Waals surface area (Å²) >= 11 is -5.70. The van der Waals surface area contributed by atoms with Gasteiger partial charge in [-0.15, -0.1) is 0 Å². The standard InChI is InChI=1S/C16H13.2C9H7.C2H7Si.2ClH.Zr/c1-12-10-14-8-5-9-15(16(14)11-12)13-6-3-2-4-7-13;2*1-2-5-9-7-3-6-8(9)4-1;1-3-2;;;/h2-11H,1H3;2*1-7H;3H,1-2H3;2*1H;/q;;;;;;+2/p-2. The van der Waals surface area contributed by atoms with Crippen LogP contribution in [-0.2, 0) is 14.1 Å². The number of rotatable bonds is 5. The van der Waals surface area contributed by atoms with Crippen LogP contribution < -0.4 is 0 Å². The van der Waals surface area contributed by atoms with Gasteiger partial charge in [-0.1, -0.05) is 0 Å². The zero-order valence-electron chi connectivity index (χ0n) is 23.2. The van der Waals surface area contributed by atoms with Crippen LogP contribution in [0.3, 0.4) is 0 Å².